The molecular formula is C36H31ClN2O6S. The first-order chi connectivity index (χ1) is 22.3. The van der Waals surface area contributed by atoms with Gasteiger partial charge in [0.25, 0.3) is 5.56 Å². The minimum atomic E-state index is -0.825. The van der Waals surface area contributed by atoms with Crippen LogP contribution < -0.4 is 29.1 Å². The Morgan fingerprint density at radius 2 is 1.72 bits per heavy atom. The first-order valence-electron chi connectivity index (χ1n) is 14.6. The van der Waals surface area contributed by atoms with Crippen molar-refractivity contribution in [3.05, 3.63) is 132 Å². The number of hydrogen-bond acceptors (Lipinski definition) is 8. The minimum Gasteiger partial charge on any atom is -0.496 e. The number of thiazole rings is 1. The Labute approximate surface area is 274 Å². The number of esters is 1. The lowest BCUT2D eigenvalue weighted by molar-refractivity contribution is -0.139. The summed E-state index contributed by atoms with van der Waals surface area (Å²) in [6.07, 6.45) is 1.78. The second kappa shape index (κ2) is 13.2. The molecule has 0 bridgehead atoms. The van der Waals surface area contributed by atoms with E-state index in [2.05, 4.69) is 0 Å². The van der Waals surface area contributed by atoms with E-state index in [-0.39, 0.29) is 24.3 Å². The highest BCUT2D eigenvalue weighted by Crippen LogP contribution is 2.40. The number of hydrogen-bond donors (Lipinski definition) is 0. The van der Waals surface area contributed by atoms with Gasteiger partial charge >= 0.3 is 5.97 Å². The topological polar surface area (TPSA) is 88.4 Å². The van der Waals surface area contributed by atoms with Gasteiger partial charge in [-0.05, 0) is 60.5 Å². The lowest BCUT2D eigenvalue weighted by Crippen LogP contribution is -2.40. The van der Waals surface area contributed by atoms with E-state index in [1.54, 1.807) is 50.8 Å². The number of carbonyl (C=O) groups is 1. The third kappa shape index (κ3) is 5.79. The number of rotatable bonds is 9. The van der Waals surface area contributed by atoms with E-state index >= 15 is 0 Å². The minimum absolute atomic E-state index is 0.180. The number of aromatic nitrogens is 1. The van der Waals surface area contributed by atoms with Crippen LogP contribution in [0.3, 0.4) is 0 Å². The SMILES string of the molecule is CCOC(=O)C1=C(C)N=c2s/c(=C\c3ccc(OCc4ccccc4Cl)c(OC)c3)c(=O)n2[C@@H]1c1c(OC)ccc2ccccc12. The molecule has 0 unspecified atom stereocenters. The molecule has 0 radical (unpaired) electrons. The molecule has 0 fully saturated rings. The Bertz CT molecular complexity index is 2190. The van der Waals surface area contributed by atoms with Gasteiger partial charge in [0.15, 0.2) is 16.3 Å². The van der Waals surface area contributed by atoms with Gasteiger partial charge in [0, 0.05) is 16.1 Å². The normalized spacial score (nSPS) is 14.5. The molecule has 5 aromatic rings. The zero-order valence-corrected chi connectivity index (χ0v) is 27.3. The molecule has 46 heavy (non-hydrogen) atoms. The Morgan fingerprint density at radius 1 is 0.978 bits per heavy atom. The Hall–Kier alpha value is -4.86. The van der Waals surface area contributed by atoms with Crippen molar-refractivity contribution >= 4 is 45.8 Å². The molecule has 10 heteroatoms. The van der Waals surface area contributed by atoms with Crippen LogP contribution in [0.2, 0.25) is 5.02 Å². The lowest BCUT2D eigenvalue weighted by Gasteiger charge is -2.27. The van der Waals surface area contributed by atoms with Gasteiger partial charge in [-0.1, -0.05) is 77.5 Å². The van der Waals surface area contributed by atoms with Gasteiger partial charge < -0.3 is 18.9 Å². The zero-order chi connectivity index (χ0) is 32.4. The molecule has 0 N–H and O–H groups in total. The number of ether oxygens (including phenoxy) is 4. The third-order valence-corrected chi connectivity index (χ3v) is 9.12. The van der Waals surface area contributed by atoms with Crippen molar-refractivity contribution in [2.75, 3.05) is 20.8 Å². The van der Waals surface area contributed by atoms with Gasteiger partial charge in [0.2, 0.25) is 0 Å². The van der Waals surface area contributed by atoms with E-state index in [9.17, 15) is 9.59 Å². The standard InChI is InChI=1S/C36H31ClN2O6S/c1-5-44-35(41)31-21(2)38-36-39(33(31)32-25-12-8-6-10-23(25)15-17-28(32)42-3)34(40)30(46-36)19-22-14-16-27(29(18-22)43-4)45-20-24-11-7-9-13-26(24)37/h6-19,33H,5,20H2,1-4H3/b30-19-/t33-/m0/s1. The summed E-state index contributed by atoms with van der Waals surface area (Å²) in [6.45, 7) is 3.96. The van der Waals surface area contributed by atoms with Gasteiger partial charge in [-0.3, -0.25) is 9.36 Å². The molecule has 8 nitrogen and oxygen atoms in total. The van der Waals surface area contributed by atoms with Crippen molar-refractivity contribution in [1.29, 1.82) is 0 Å². The van der Waals surface area contributed by atoms with E-state index in [4.69, 9.17) is 35.5 Å². The first kappa shape index (κ1) is 31.1. The molecular weight excluding hydrogens is 624 g/mol. The quantitative estimate of drug-likeness (QED) is 0.176. The van der Waals surface area contributed by atoms with E-state index < -0.39 is 12.0 Å². The van der Waals surface area contributed by atoms with Crippen molar-refractivity contribution in [2.24, 2.45) is 4.99 Å². The molecule has 234 valence electrons. The van der Waals surface area contributed by atoms with Crippen LogP contribution in [0.1, 0.15) is 36.6 Å². The van der Waals surface area contributed by atoms with Crippen molar-refractivity contribution in [3.8, 4) is 17.2 Å². The number of methoxy groups -OCH3 is 2. The van der Waals surface area contributed by atoms with Crippen LogP contribution in [0, 0.1) is 0 Å². The molecule has 4 aromatic carbocycles. The lowest BCUT2D eigenvalue weighted by atomic mass is 9.90. The monoisotopic (exact) mass is 654 g/mol. The fraction of sp³-hybridized carbons (Fsp3) is 0.194. The summed E-state index contributed by atoms with van der Waals surface area (Å²) in [5.41, 5.74) is 2.74. The molecule has 6 rings (SSSR count). The van der Waals surface area contributed by atoms with E-state index in [1.807, 2.05) is 66.7 Å². The summed E-state index contributed by atoms with van der Waals surface area (Å²) in [4.78, 5) is 32.9. The summed E-state index contributed by atoms with van der Waals surface area (Å²) in [5.74, 6) is 1.06. The Morgan fingerprint density at radius 3 is 2.48 bits per heavy atom. The molecule has 2 heterocycles. The number of halogens is 1. The van der Waals surface area contributed by atoms with Gasteiger partial charge in [-0.25, -0.2) is 9.79 Å². The molecule has 0 aliphatic carbocycles. The second-order valence-electron chi connectivity index (χ2n) is 10.5. The van der Waals surface area contributed by atoms with Gasteiger partial charge in [-0.15, -0.1) is 0 Å². The van der Waals surface area contributed by atoms with Gasteiger partial charge in [0.05, 0.1) is 36.6 Å². The summed E-state index contributed by atoms with van der Waals surface area (Å²) in [7, 11) is 3.14. The highest BCUT2D eigenvalue weighted by Gasteiger charge is 2.36. The van der Waals surface area contributed by atoms with Crippen LogP contribution in [-0.4, -0.2) is 31.4 Å². The average molecular weight is 655 g/mol. The van der Waals surface area contributed by atoms with Crippen molar-refractivity contribution in [2.45, 2.75) is 26.5 Å². The fourth-order valence-electron chi connectivity index (χ4n) is 5.62. The van der Waals surface area contributed by atoms with Crippen molar-refractivity contribution in [3.63, 3.8) is 0 Å². The highest BCUT2D eigenvalue weighted by molar-refractivity contribution is 7.07. The predicted octanol–water partition coefficient (Wildman–Crippen LogP) is 6.20. The average Bonchev–Trinajstić information content (AvgIpc) is 3.37. The van der Waals surface area contributed by atoms with E-state index in [0.717, 1.165) is 21.9 Å². The van der Waals surface area contributed by atoms with E-state index in [1.165, 1.54) is 11.3 Å². The maximum Gasteiger partial charge on any atom is 0.338 e. The van der Waals surface area contributed by atoms with Crippen LogP contribution in [-0.2, 0) is 16.1 Å². The summed E-state index contributed by atoms with van der Waals surface area (Å²) >= 11 is 7.54. The second-order valence-corrected chi connectivity index (χ2v) is 11.9. The largest absolute Gasteiger partial charge is 0.496 e. The van der Waals surface area contributed by atoms with Crippen LogP contribution in [0.4, 0.5) is 0 Å². The molecule has 1 atom stereocenters. The molecule has 0 saturated heterocycles. The molecule has 0 amide bonds. The maximum absolute atomic E-state index is 14.3. The zero-order valence-electron chi connectivity index (χ0n) is 25.7. The molecule has 0 spiro atoms. The molecule has 1 aliphatic heterocycles. The van der Waals surface area contributed by atoms with Crippen LogP contribution in [0.25, 0.3) is 16.8 Å². The van der Waals surface area contributed by atoms with Crippen molar-refractivity contribution < 1.29 is 23.7 Å². The highest BCUT2D eigenvalue weighted by atomic mass is 35.5. The van der Waals surface area contributed by atoms with Crippen LogP contribution in [0.5, 0.6) is 17.2 Å². The van der Waals surface area contributed by atoms with E-state index in [0.29, 0.717) is 42.9 Å². The van der Waals surface area contributed by atoms with Crippen LogP contribution in [0.15, 0.2) is 99.9 Å². The number of carbonyl (C=O) groups excluding carboxylic acids is 1. The molecule has 1 aliphatic rings. The number of fused-ring (bicyclic) bond motifs is 2. The van der Waals surface area contributed by atoms with Gasteiger partial charge in [0.1, 0.15) is 18.4 Å². The molecule has 1 aromatic heterocycles. The van der Waals surface area contributed by atoms with Crippen molar-refractivity contribution in [1.82, 2.24) is 4.57 Å². The summed E-state index contributed by atoms with van der Waals surface area (Å²) in [5, 5.41) is 2.42. The summed E-state index contributed by atoms with van der Waals surface area (Å²) in [6, 6.07) is 23.7. The summed E-state index contributed by atoms with van der Waals surface area (Å²) < 4.78 is 25.0. The number of nitrogens with zero attached hydrogens (tertiary/aromatic N) is 2. The number of benzene rings is 4. The van der Waals surface area contributed by atoms with Gasteiger partial charge in [-0.2, -0.15) is 0 Å². The maximum atomic E-state index is 14.3. The number of allylic oxidation sites excluding steroid dienone is 1. The fourth-order valence-corrected chi connectivity index (χ4v) is 6.85. The van der Waals surface area contributed by atoms with Crippen LogP contribution >= 0.6 is 22.9 Å². The Balaban J connectivity index is 1.48. The smallest absolute Gasteiger partial charge is 0.338 e. The first-order valence-corrected chi connectivity index (χ1v) is 15.8. The third-order valence-electron chi connectivity index (χ3n) is 7.77. The Kier molecular flexibility index (Phi) is 8.96. The predicted molar refractivity (Wildman–Crippen MR) is 180 cm³/mol. The molecule has 0 saturated carbocycles.